The van der Waals surface area contributed by atoms with Gasteiger partial charge in [0.05, 0.1) is 0 Å². The van der Waals surface area contributed by atoms with Gasteiger partial charge in [-0.1, -0.05) is 0 Å². The van der Waals surface area contributed by atoms with Gasteiger partial charge in [0.2, 0.25) is 0 Å². The topological polar surface area (TPSA) is 0 Å². The molecule has 0 aromatic heterocycles. The molecule has 0 spiro atoms. The van der Waals surface area contributed by atoms with Crippen LogP contribution in [-0.4, -0.2) is 21.1 Å². The number of hydrogen-bond acceptors (Lipinski definition) is 0. The van der Waals surface area contributed by atoms with Gasteiger partial charge in [-0.25, -0.2) is 0 Å². The molecule has 0 fully saturated rings. The second kappa shape index (κ2) is 9.68. The van der Waals surface area contributed by atoms with Crippen molar-refractivity contribution in [2.75, 3.05) is 0 Å². The molecule has 2 aromatic carbocycles. The van der Waals surface area contributed by atoms with Gasteiger partial charge < -0.3 is 24.8 Å². The van der Waals surface area contributed by atoms with E-state index in [1.165, 1.54) is 31.1 Å². The molecule has 0 unspecified atom stereocenters. The molecule has 2 aromatic rings. The molecule has 0 N–H and O–H groups in total. The molecule has 0 atom stereocenters. The van der Waals surface area contributed by atoms with E-state index in [0.717, 1.165) is 0 Å². The predicted octanol–water partition coefficient (Wildman–Crippen LogP) is -2.28. The van der Waals surface area contributed by atoms with Crippen molar-refractivity contribution in [2.24, 2.45) is 0 Å². The molecule has 0 saturated carbocycles. The summed E-state index contributed by atoms with van der Waals surface area (Å²) in [5.41, 5.74) is 5.76. The minimum absolute atomic E-state index is 0. The molecule has 0 heterocycles. The molecular weight excluding hydrogens is 382 g/mol. The maximum Gasteiger partial charge on any atom is -1.00 e. The normalized spacial score (nSPS) is 9.37. The van der Waals surface area contributed by atoms with Crippen molar-refractivity contribution < 1.29 is 24.8 Å². The second-order valence-corrected chi connectivity index (χ2v) is 8.02. The SMILES string of the molecule is Cc1ccc([CH2][Sn][CH2]c2ccc(C)cc2)cc1.[Cl-].[Cl-]. The Morgan fingerprint density at radius 2 is 0.947 bits per heavy atom. The van der Waals surface area contributed by atoms with Crippen molar-refractivity contribution in [1.29, 1.82) is 0 Å². The first-order valence-corrected chi connectivity index (χ1v) is 10.1. The predicted molar refractivity (Wildman–Crippen MR) is 75.5 cm³/mol. The summed E-state index contributed by atoms with van der Waals surface area (Å²) < 4.78 is 2.69. The quantitative estimate of drug-likeness (QED) is 0.508. The molecule has 0 amide bonds. The van der Waals surface area contributed by atoms with Crippen molar-refractivity contribution >= 4 is 21.1 Å². The van der Waals surface area contributed by atoms with E-state index < -0.39 is 0 Å². The molecular formula is C16H18Cl2Sn-2. The van der Waals surface area contributed by atoms with E-state index in [0.29, 0.717) is 0 Å². The molecule has 3 heteroatoms. The van der Waals surface area contributed by atoms with Crippen molar-refractivity contribution in [3.05, 3.63) is 70.8 Å². The van der Waals surface area contributed by atoms with Crippen molar-refractivity contribution in [2.45, 2.75) is 22.7 Å². The third kappa shape index (κ3) is 6.69. The molecule has 0 bridgehead atoms. The molecule has 2 radical (unpaired) electrons. The standard InChI is InChI=1S/2C8H9.2ClH.Sn/c2*1-7-3-5-8(2)6-4-7;;;/h2*3-6H,1H2,2H3;2*1H;/p-2. The Labute approximate surface area is 139 Å². The van der Waals surface area contributed by atoms with Gasteiger partial charge in [0.15, 0.2) is 0 Å². The fraction of sp³-hybridized carbons (Fsp3) is 0.250. The van der Waals surface area contributed by atoms with Crippen LogP contribution >= 0.6 is 0 Å². The molecule has 0 nitrogen and oxygen atoms in total. The van der Waals surface area contributed by atoms with E-state index in [1.54, 1.807) is 0 Å². The van der Waals surface area contributed by atoms with Crippen LogP contribution in [0.4, 0.5) is 0 Å². The minimum atomic E-state index is -0.287. The number of hydrogen-bond donors (Lipinski definition) is 0. The first-order chi connectivity index (χ1) is 8.24. The summed E-state index contributed by atoms with van der Waals surface area (Å²) in [7, 11) is 0. The second-order valence-electron chi connectivity index (χ2n) is 4.57. The van der Waals surface area contributed by atoms with Gasteiger partial charge in [0.25, 0.3) is 0 Å². The molecule has 0 saturated heterocycles. The summed E-state index contributed by atoms with van der Waals surface area (Å²) in [6.07, 6.45) is 0. The van der Waals surface area contributed by atoms with Gasteiger partial charge in [-0.2, -0.15) is 0 Å². The van der Waals surface area contributed by atoms with Crippen LogP contribution in [0.2, 0.25) is 0 Å². The zero-order valence-corrected chi connectivity index (χ0v) is 15.7. The van der Waals surface area contributed by atoms with E-state index in [1.807, 2.05) is 0 Å². The van der Waals surface area contributed by atoms with Gasteiger partial charge in [-0.15, -0.1) is 0 Å². The van der Waals surface area contributed by atoms with Crippen LogP contribution < -0.4 is 24.8 Å². The van der Waals surface area contributed by atoms with Crippen LogP contribution in [0.1, 0.15) is 22.3 Å². The summed E-state index contributed by atoms with van der Waals surface area (Å²) in [6, 6.07) is 18.0. The number of rotatable bonds is 4. The fourth-order valence-corrected chi connectivity index (χ4v) is 5.11. The van der Waals surface area contributed by atoms with Crippen LogP contribution in [0, 0.1) is 13.8 Å². The average molecular weight is 400 g/mol. The summed E-state index contributed by atoms with van der Waals surface area (Å²) in [6.45, 7) is 4.30. The van der Waals surface area contributed by atoms with E-state index in [9.17, 15) is 0 Å². The summed E-state index contributed by atoms with van der Waals surface area (Å²) in [4.78, 5) is 0. The zero-order valence-electron chi connectivity index (χ0n) is 11.3. The first-order valence-electron chi connectivity index (χ1n) is 6.06. The Hall–Kier alpha value is -0.181. The number of halogens is 2. The third-order valence-electron chi connectivity index (χ3n) is 2.90. The maximum absolute atomic E-state index is 2.28. The van der Waals surface area contributed by atoms with Crippen LogP contribution in [-0.2, 0) is 8.87 Å². The summed E-state index contributed by atoms with van der Waals surface area (Å²) >= 11 is -0.287. The summed E-state index contributed by atoms with van der Waals surface area (Å²) in [5.74, 6) is 0. The van der Waals surface area contributed by atoms with E-state index in [4.69, 9.17) is 0 Å². The molecule has 0 aliphatic carbocycles. The van der Waals surface area contributed by atoms with Gasteiger partial charge in [-0.3, -0.25) is 0 Å². The smallest absolute Gasteiger partial charge is 1.00 e. The van der Waals surface area contributed by atoms with Gasteiger partial charge in [0, 0.05) is 0 Å². The minimum Gasteiger partial charge on any atom is -1.00 e. The Kier molecular flexibility index (Phi) is 9.59. The molecule has 2 rings (SSSR count). The molecule has 102 valence electrons. The van der Waals surface area contributed by atoms with E-state index >= 15 is 0 Å². The third-order valence-corrected chi connectivity index (χ3v) is 6.66. The Morgan fingerprint density at radius 3 is 1.26 bits per heavy atom. The Morgan fingerprint density at radius 1 is 0.632 bits per heavy atom. The van der Waals surface area contributed by atoms with Crippen LogP contribution in [0.25, 0.3) is 0 Å². The number of benzene rings is 2. The Balaban J connectivity index is 0.00000162. The maximum atomic E-state index is 2.28. The van der Waals surface area contributed by atoms with Gasteiger partial charge in [-0.05, 0) is 0 Å². The van der Waals surface area contributed by atoms with Crippen LogP contribution in [0.15, 0.2) is 48.5 Å². The molecule has 0 aliphatic heterocycles. The monoisotopic (exact) mass is 400 g/mol. The molecule has 19 heavy (non-hydrogen) atoms. The average Bonchev–Trinajstić information content (AvgIpc) is 2.34. The van der Waals surface area contributed by atoms with E-state index in [-0.39, 0.29) is 46.0 Å². The molecule has 0 aliphatic rings. The zero-order chi connectivity index (χ0) is 12.1. The number of aryl methyl sites for hydroxylation is 2. The summed E-state index contributed by atoms with van der Waals surface area (Å²) in [5, 5.41) is 0. The van der Waals surface area contributed by atoms with Crippen molar-refractivity contribution in [1.82, 2.24) is 0 Å². The van der Waals surface area contributed by atoms with Crippen LogP contribution in [0.3, 0.4) is 0 Å². The fourth-order valence-electron chi connectivity index (χ4n) is 1.76. The van der Waals surface area contributed by atoms with Crippen molar-refractivity contribution in [3.8, 4) is 0 Å². The Bertz CT molecular complexity index is 418. The van der Waals surface area contributed by atoms with Crippen molar-refractivity contribution in [3.63, 3.8) is 0 Å². The van der Waals surface area contributed by atoms with Crippen LogP contribution in [0.5, 0.6) is 0 Å². The first kappa shape index (κ1) is 18.8. The van der Waals surface area contributed by atoms with Gasteiger partial charge in [0.1, 0.15) is 0 Å². The van der Waals surface area contributed by atoms with E-state index in [2.05, 4.69) is 62.4 Å². The largest absolute Gasteiger partial charge is 1.00 e. The van der Waals surface area contributed by atoms with Gasteiger partial charge >= 0.3 is 115 Å².